The maximum atomic E-state index is 9.66. The molecule has 0 saturated heterocycles. The second-order valence-electron chi connectivity index (χ2n) is 8.08. The van der Waals surface area contributed by atoms with Gasteiger partial charge in [0.25, 0.3) is 0 Å². The molecule has 6 heteroatoms. The zero-order valence-corrected chi connectivity index (χ0v) is 20.0. The van der Waals surface area contributed by atoms with Gasteiger partial charge >= 0.3 is 0 Å². The summed E-state index contributed by atoms with van der Waals surface area (Å²) >= 11 is 0. The van der Waals surface area contributed by atoms with Gasteiger partial charge in [-0.2, -0.15) is 5.10 Å². The number of methoxy groups -OCH3 is 2. The summed E-state index contributed by atoms with van der Waals surface area (Å²) in [5.41, 5.74) is 5.27. The Morgan fingerprint density at radius 3 is 2.08 bits per heavy atom. The molecule has 0 aliphatic heterocycles. The zero-order valence-electron chi connectivity index (χ0n) is 20.0. The molecule has 1 heterocycles. The van der Waals surface area contributed by atoms with Gasteiger partial charge in [-0.15, -0.1) is 0 Å². The Morgan fingerprint density at radius 1 is 0.750 bits per heavy atom. The third-order valence-corrected chi connectivity index (χ3v) is 5.81. The van der Waals surface area contributed by atoms with Crippen molar-refractivity contribution in [2.45, 2.75) is 0 Å². The van der Waals surface area contributed by atoms with Gasteiger partial charge < -0.3 is 14.6 Å². The largest absolute Gasteiger partial charge is 0.508 e. The molecule has 0 atom stereocenters. The number of aromatic hydroxyl groups is 1. The number of nitrogens with zero attached hydrogens (tertiary/aromatic N) is 3. The number of phenols is 1. The summed E-state index contributed by atoms with van der Waals surface area (Å²) in [4.78, 5) is 4.92. The average molecular weight is 476 g/mol. The first-order chi connectivity index (χ1) is 17.7. The fourth-order valence-electron chi connectivity index (χ4n) is 4.03. The van der Waals surface area contributed by atoms with Gasteiger partial charge in [0, 0.05) is 11.8 Å². The molecule has 1 N–H and O–H groups in total. The lowest BCUT2D eigenvalue weighted by atomic mass is 10.0. The second kappa shape index (κ2) is 10.2. The van der Waals surface area contributed by atoms with Crippen LogP contribution >= 0.6 is 0 Å². The van der Waals surface area contributed by atoms with Gasteiger partial charge in [0.15, 0.2) is 17.3 Å². The van der Waals surface area contributed by atoms with E-state index in [0.717, 1.165) is 33.6 Å². The Labute approximate surface area is 209 Å². The van der Waals surface area contributed by atoms with Crippen LogP contribution in [-0.2, 0) is 0 Å². The Morgan fingerprint density at radius 2 is 1.42 bits per heavy atom. The zero-order chi connectivity index (χ0) is 24.9. The summed E-state index contributed by atoms with van der Waals surface area (Å²) in [5.74, 6) is 2.17. The van der Waals surface area contributed by atoms with Crippen molar-refractivity contribution in [1.82, 2.24) is 9.78 Å². The van der Waals surface area contributed by atoms with E-state index in [1.807, 2.05) is 83.5 Å². The number of rotatable bonds is 7. The van der Waals surface area contributed by atoms with E-state index in [1.165, 1.54) is 0 Å². The van der Waals surface area contributed by atoms with E-state index in [0.29, 0.717) is 17.3 Å². The van der Waals surface area contributed by atoms with Crippen molar-refractivity contribution in [2.75, 3.05) is 14.2 Å². The van der Waals surface area contributed by atoms with E-state index in [2.05, 4.69) is 12.1 Å². The van der Waals surface area contributed by atoms with Crippen LogP contribution in [0.1, 0.15) is 5.56 Å². The summed E-state index contributed by atoms with van der Waals surface area (Å²) in [7, 11) is 3.24. The first-order valence-corrected chi connectivity index (χ1v) is 11.5. The monoisotopic (exact) mass is 475 g/mol. The number of hydrogen-bond donors (Lipinski definition) is 1. The van der Waals surface area contributed by atoms with Crippen molar-refractivity contribution in [3.05, 3.63) is 109 Å². The third kappa shape index (κ3) is 4.57. The predicted octanol–water partition coefficient (Wildman–Crippen LogP) is 6.68. The molecule has 5 aromatic rings. The molecule has 1 aromatic heterocycles. The van der Waals surface area contributed by atoms with Crippen LogP contribution in [-0.4, -0.2) is 35.3 Å². The summed E-state index contributed by atoms with van der Waals surface area (Å²) in [5, 5.41) is 14.7. The first-order valence-electron chi connectivity index (χ1n) is 11.5. The summed E-state index contributed by atoms with van der Waals surface area (Å²) in [6.07, 6.45) is 1.78. The van der Waals surface area contributed by atoms with Gasteiger partial charge in [-0.3, -0.25) is 0 Å². The number of aromatic nitrogens is 2. The Balaban J connectivity index is 1.77. The summed E-state index contributed by atoms with van der Waals surface area (Å²) < 4.78 is 12.9. The van der Waals surface area contributed by atoms with Crippen LogP contribution in [0.2, 0.25) is 0 Å². The third-order valence-electron chi connectivity index (χ3n) is 5.81. The lowest BCUT2D eigenvalue weighted by Crippen LogP contribution is -1.96. The van der Waals surface area contributed by atoms with E-state index >= 15 is 0 Å². The van der Waals surface area contributed by atoms with E-state index < -0.39 is 0 Å². The number of ether oxygens (including phenoxy) is 2. The van der Waals surface area contributed by atoms with E-state index in [1.54, 1.807) is 32.6 Å². The second-order valence-corrected chi connectivity index (χ2v) is 8.08. The topological polar surface area (TPSA) is 68.9 Å². The normalized spacial score (nSPS) is 11.1. The van der Waals surface area contributed by atoms with Crippen molar-refractivity contribution in [3.63, 3.8) is 0 Å². The van der Waals surface area contributed by atoms with Gasteiger partial charge in [-0.1, -0.05) is 48.5 Å². The highest BCUT2D eigenvalue weighted by Gasteiger charge is 2.22. The highest BCUT2D eigenvalue weighted by Crippen LogP contribution is 2.42. The minimum Gasteiger partial charge on any atom is -0.508 e. The van der Waals surface area contributed by atoms with Gasteiger partial charge in [0.1, 0.15) is 11.4 Å². The van der Waals surface area contributed by atoms with Gasteiger partial charge in [0.2, 0.25) is 0 Å². The lowest BCUT2D eigenvalue weighted by Gasteiger charge is -2.10. The molecule has 0 radical (unpaired) electrons. The molecule has 178 valence electrons. The molecule has 0 bridgehead atoms. The van der Waals surface area contributed by atoms with Crippen LogP contribution in [0.5, 0.6) is 17.2 Å². The fraction of sp³-hybridized carbons (Fsp3) is 0.0667. The van der Waals surface area contributed by atoms with Crippen LogP contribution in [0.15, 0.2) is 108 Å². The molecule has 0 spiro atoms. The minimum absolute atomic E-state index is 0.210. The number of benzene rings is 4. The smallest absolute Gasteiger partial charge is 0.164 e. The predicted molar refractivity (Wildman–Crippen MR) is 143 cm³/mol. The highest BCUT2D eigenvalue weighted by atomic mass is 16.5. The Kier molecular flexibility index (Phi) is 6.49. The molecule has 0 amide bonds. The van der Waals surface area contributed by atoms with Crippen LogP contribution < -0.4 is 9.47 Å². The van der Waals surface area contributed by atoms with Crippen LogP contribution in [0, 0.1) is 0 Å². The number of hydrogen-bond acceptors (Lipinski definition) is 5. The lowest BCUT2D eigenvalue weighted by molar-refractivity contribution is 0.355. The quantitative estimate of drug-likeness (QED) is 0.267. The van der Waals surface area contributed by atoms with Gasteiger partial charge in [-0.25, -0.2) is 9.67 Å². The molecule has 0 fully saturated rings. The van der Waals surface area contributed by atoms with E-state index in [-0.39, 0.29) is 5.75 Å². The first kappa shape index (κ1) is 22.9. The number of aliphatic imine (C=N–C) groups is 1. The van der Waals surface area contributed by atoms with Crippen molar-refractivity contribution in [2.24, 2.45) is 4.99 Å². The molecule has 0 aliphatic rings. The Hall–Kier alpha value is -4.84. The minimum atomic E-state index is 0.210. The van der Waals surface area contributed by atoms with E-state index in [9.17, 15) is 5.11 Å². The average Bonchev–Trinajstić information content (AvgIpc) is 3.32. The highest BCUT2D eigenvalue weighted by molar-refractivity contribution is 5.92. The van der Waals surface area contributed by atoms with Crippen molar-refractivity contribution in [3.8, 4) is 45.3 Å². The SMILES string of the molecule is COc1ccc(-c2nn(-c3ccccc3)c(/N=C/c3ccc(O)cc3)c2-c2ccccc2)cc1OC. The maximum absolute atomic E-state index is 9.66. The van der Waals surface area contributed by atoms with Gasteiger partial charge in [-0.05, 0) is 65.7 Å². The van der Waals surface area contributed by atoms with Crippen molar-refractivity contribution < 1.29 is 14.6 Å². The van der Waals surface area contributed by atoms with Crippen LogP contribution in [0.25, 0.3) is 28.1 Å². The number of phenolic OH excluding ortho intramolecular Hbond substituents is 1. The molecule has 6 nitrogen and oxygen atoms in total. The maximum Gasteiger partial charge on any atom is 0.164 e. The fourth-order valence-corrected chi connectivity index (χ4v) is 4.03. The number of para-hydroxylation sites is 1. The molecule has 4 aromatic carbocycles. The van der Waals surface area contributed by atoms with E-state index in [4.69, 9.17) is 19.6 Å². The summed E-state index contributed by atoms with van der Waals surface area (Å²) in [6.45, 7) is 0. The molecule has 0 unspecified atom stereocenters. The molecule has 0 saturated carbocycles. The Bertz CT molecular complexity index is 1490. The van der Waals surface area contributed by atoms with Crippen molar-refractivity contribution >= 4 is 12.0 Å². The molecular formula is C30H25N3O3. The molecule has 0 aliphatic carbocycles. The standard InChI is InChI=1S/C30H25N3O3/c1-35-26-18-15-23(19-27(26)36-2)29-28(22-9-5-3-6-10-22)30(31-20-21-13-16-25(34)17-14-21)33(32-29)24-11-7-4-8-12-24/h3-20,34H,1-2H3/b31-20+. The molecule has 36 heavy (non-hydrogen) atoms. The van der Waals surface area contributed by atoms with Crippen LogP contribution in [0.4, 0.5) is 5.82 Å². The molecular weight excluding hydrogens is 450 g/mol. The van der Waals surface area contributed by atoms with Gasteiger partial charge in [0.05, 0.1) is 25.5 Å². The van der Waals surface area contributed by atoms with Crippen LogP contribution in [0.3, 0.4) is 0 Å². The van der Waals surface area contributed by atoms with Crippen molar-refractivity contribution in [1.29, 1.82) is 0 Å². The summed E-state index contributed by atoms with van der Waals surface area (Å²) in [6, 6.07) is 32.7. The molecule has 5 rings (SSSR count).